The maximum absolute atomic E-state index is 12.2. The summed E-state index contributed by atoms with van der Waals surface area (Å²) in [6.45, 7) is 18.9. The van der Waals surface area contributed by atoms with E-state index in [1.165, 1.54) is 6.92 Å². The van der Waals surface area contributed by atoms with E-state index < -0.39 is 22.0 Å². The lowest BCUT2D eigenvalue weighted by molar-refractivity contribution is -0.152. The fraction of sp³-hybridized carbons (Fsp3) is 0.917. The minimum absolute atomic E-state index is 0.0299. The molecule has 0 fully saturated rings. The second kappa shape index (κ2) is 14.5. The van der Waals surface area contributed by atoms with Gasteiger partial charge < -0.3 is 19.0 Å². The van der Waals surface area contributed by atoms with Gasteiger partial charge in [0, 0.05) is 27.5 Å². The molecule has 0 rings (SSSR count). The van der Waals surface area contributed by atoms with Crippen LogP contribution in [0.4, 0.5) is 0 Å². The zero-order chi connectivity index (χ0) is 25.0. The average Bonchev–Trinajstić information content (AvgIpc) is 2.67. The van der Waals surface area contributed by atoms with Crippen molar-refractivity contribution in [2.24, 2.45) is 0 Å². The third kappa shape index (κ3) is 13.8. The largest absolute Gasteiger partial charge is 0.466 e. The van der Waals surface area contributed by atoms with E-state index in [1.807, 2.05) is 0 Å². The molecule has 0 radical (unpaired) electrons. The fourth-order valence-electron chi connectivity index (χ4n) is 3.80. The van der Waals surface area contributed by atoms with Gasteiger partial charge in [-0.05, 0) is 50.4 Å². The van der Waals surface area contributed by atoms with E-state index >= 15 is 0 Å². The molecule has 3 atom stereocenters. The van der Waals surface area contributed by atoms with Gasteiger partial charge in [-0.3, -0.25) is 9.59 Å². The van der Waals surface area contributed by atoms with Gasteiger partial charge in [0.15, 0.2) is 8.32 Å². The standard InChI is InChI=1S/C24H50O6Si2/c1-10-21(30-32(11-2,12-3)13-4)18-22(29-20(5)25)14-15-24(6,27)19-23(26)28-16-17-31(7,8)9/h21-22,27H,10-19H2,1-9H3/t21-,22+,24-/m1/s1. The topological polar surface area (TPSA) is 82.1 Å². The Labute approximate surface area is 198 Å². The fourth-order valence-corrected chi connectivity index (χ4v) is 7.48. The van der Waals surface area contributed by atoms with Gasteiger partial charge in [-0.2, -0.15) is 0 Å². The Hall–Kier alpha value is -0.706. The molecule has 0 saturated carbocycles. The summed E-state index contributed by atoms with van der Waals surface area (Å²) in [5, 5.41) is 10.8. The number of esters is 2. The number of hydrogen-bond acceptors (Lipinski definition) is 6. The van der Waals surface area contributed by atoms with Crippen molar-refractivity contribution in [3.05, 3.63) is 0 Å². The summed E-state index contributed by atoms with van der Waals surface area (Å²) < 4.78 is 17.5. The van der Waals surface area contributed by atoms with Gasteiger partial charge in [-0.1, -0.05) is 47.3 Å². The second-order valence-corrected chi connectivity index (χ2v) is 20.9. The Morgan fingerprint density at radius 3 is 2.00 bits per heavy atom. The molecule has 190 valence electrons. The summed E-state index contributed by atoms with van der Waals surface area (Å²) in [5.41, 5.74) is -1.20. The molecule has 0 aromatic carbocycles. The van der Waals surface area contributed by atoms with Crippen LogP contribution in [0.5, 0.6) is 0 Å². The van der Waals surface area contributed by atoms with E-state index in [1.54, 1.807) is 6.92 Å². The Bertz CT molecular complexity index is 547. The van der Waals surface area contributed by atoms with E-state index in [9.17, 15) is 14.7 Å². The van der Waals surface area contributed by atoms with Crippen molar-refractivity contribution in [3.8, 4) is 0 Å². The average molecular weight is 491 g/mol. The van der Waals surface area contributed by atoms with Crippen molar-refractivity contribution in [1.82, 2.24) is 0 Å². The van der Waals surface area contributed by atoms with Crippen LogP contribution < -0.4 is 0 Å². The number of aliphatic hydroxyl groups is 1. The highest BCUT2D eigenvalue weighted by Gasteiger charge is 2.34. The quantitative estimate of drug-likeness (QED) is 0.201. The molecule has 8 heteroatoms. The van der Waals surface area contributed by atoms with Crippen LogP contribution in [0.15, 0.2) is 0 Å². The van der Waals surface area contributed by atoms with Crippen LogP contribution in [-0.4, -0.2) is 57.9 Å². The molecule has 0 saturated heterocycles. The maximum Gasteiger partial charge on any atom is 0.308 e. The lowest BCUT2D eigenvalue weighted by atomic mass is 9.93. The van der Waals surface area contributed by atoms with Crippen molar-refractivity contribution in [3.63, 3.8) is 0 Å². The van der Waals surface area contributed by atoms with Crippen molar-refractivity contribution in [2.75, 3.05) is 6.61 Å². The summed E-state index contributed by atoms with van der Waals surface area (Å²) in [4.78, 5) is 23.9. The van der Waals surface area contributed by atoms with Gasteiger partial charge in [0.2, 0.25) is 0 Å². The predicted octanol–water partition coefficient (Wildman–Crippen LogP) is 5.91. The van der Waals surface area contributed by atoms with Crippen molar-refractivity contribution in [2.45, 2.75) is 135 Å². The van der Waals surface area contributed by atoms with E-state index in [-0.39, 0.29) is 30.6 Å². The number of hydrogen-bond donors (Lipinski definition) is 1. The number of carbonyl (C=O) groups is 2. The van der Waals surface area contributed by atoms with E-state index in [0.29, 0.717) is 25.9 Å². The van der Waals surface area contributed by atoms with E-state index in [0.717, 1.165) is 30.6 Å². The van der Waals surface area contributed by atoms with Crippen molar-refractivity contribution < 1.29 is 28.6 Å². The molecule has 0 aliphatic carbocycles. The van der Waals surface area contributed by atoms with Crippen LogP contribution in [-0.2, 0) is 23.5 Å². The van der Waals surface area contributed by atoms with Crippen LogP contribution in [0.3, 0.4) is 0 Å². The zero-order valence-corrected chi connectivity index (χ0v) is 24.2. The highest BCUT2D eigenvalue weighted by atomic mass is 28.4. The Morgan fingerprint density at radius 2 is 1.56 bits per heavy atom. The Balaban J connectivity index is 4.93. The van der Waals surface area contributed by atoms with Gasteiger partial charge in [0.05, 0.1) is 18.6 Å². The number of carbonyl (C=O) groups excluding carboxylic acids is 2. The second-order valence-electron chi connectivity index (χ2n) is 10.6. The molecule has 0 aliphatic rings. The maximum atomic E-state index is 12.2. The number of ether oxygens (including phenoxy) is 2. The number of rotatable bonds is 17. The van der Waals surface area contributed by atoms with Gasteiger partial charge >= 0.3 is 11.9 Å². The highest BCUT2D eigenvalue weighted by molar-refractivity contribution is 6.76. The molecule has 0 amide bonds. The molecular formula is C24H50O6Si2. The van der Waals surface area contributed by atoms with Gasteiger partial charge in [0.1, 0.15) is 6.10 Å². The van der Waals surface area contributed by atoms with E-state index in [2.05, 4.69) is 47.3 Å². The Morgan fingerprint density at radius 1 is 1.00 bits per heavy atom. The van der Waals surface area contributed by atoms with Crippen LogP contribution in [0, 0.1) is 0 Å². The lowest BCUT2D eigenvalue weighted by Gasteiger charge is -2.34. The molecule has 0 spiro atoms. The predicted molar refractivity (Wildman–Crippen MR) is 136 cm³/mol. The first-order valence-corrected chi connectivity index (χ1v) is 18.7. The first kappa shape index (κ1) is 31.3. The molecule has 6 nitrogen and oxygen atoms in total. The Kier molecular flexibility index (Phi) is 14.2. The SMILES string of the molecule is CC[C@H](C[C@H](CC[C@@](C)(O)CC(=O)OCC[Si](C)(C)C)OC(C)=O)O[Si](CC)(CC)CC. The summed E-state index contributed by atoms with van der Waals surface area (Å²) >= 11 is 0. The first-order valence-electron chi connectivity index (χ1n) is 12.4. The summed E-state index contributed by atoms with van der Waals surface area (Å²) in [6.07, 6.45) is 1.92. The summed E-state index contributed by atoms with van der Waals surface area (Å²) in [7, 11) is -3.04. The summed E-state index contributed by atoms with van der Waals surface area (Å²) in [6, 6.07) is 4.13. The van der Waals surface area contributed by atoms with Gasteiger partial charge in [0.25, 0.3) is 0 Å². The van der Waals surface area contributed by atoms with Crippen LogP contribution in [0.1, 0.15) is 73.6 Å². The van der Waals surface area contributed by atoms with Gasteiger partial charge in [-0.25, -0.2) is 0 Å². The van der Waals surface area contributed by atoms with Gasteiger partial charge in [-0.15, -0.1) is 0 Å². The molecule has 0 heterocycles. The van der Waals surface area contributed by atoms with Crippen LogP contribution in [0.2, 0.25) is 43.8 Å². The smallest absolute Gasteiger partial charge is 0.308 e. The lowest BCUT2D eigenvalue weighted by Crippen LogP contribution is -2.41. The molecule has 0 bridgehead atoms. The highest BCUT2D eigenvalue weighted by Crippen LogP contribution is 2.28. The molecule has 1 N–H and O–H groups in total. The minimum Gasteiger partial charge on any atom is -0.466 e. The third-order valence-corrected chi connectivity index (χ3v) is 12.7. The van der Waals surface area contributed by atoms with Crippen LogP contribution >= 0.6 is 0 Å². The molecule has 0 aromatic heterocycles. The summed E-state index contributed by atoms with van der Waals surface area (Å²) in [5.74, 6) is -0.711. The molecular weight excluding hydrogens is 440 g/mol. The zero-order valence-electron chi connectivity index (χ0n) is 22.2. The van der Waals surface area contributed by atoms with Crippen molar-refractivity contribution >= 4 is 28.3 Å². The monoisotopic (exact) mass is 490 g/mol. The minimum atomic E-state index is -1.76. The first-order chi connectivity index (χ1) is 14.7. The van der Waals surface area contributed by atoms with E-state index in [4.69, 9.17) is 13.9 Å². The third-order valence-electron chi connectivity index (χ3n) is 6.31. The van der Waals surface area contributed by atoms with Crippen molar-refractivity contribution in [1.29, 1.82) is 0 Å². The molecule has 32 heavy (non-hydrogen) atoms. The molecule has 0 aromatic rings. The normalized spacial score (nSPS) is 16.2. The van der Waals surface area contributed by atoms with Crippen LogP contribution in [0.25, 0.3) is 0 Å². The molecule has 0 unspecified atom stereocenters. The molecule has 0 aliphatic heterocycles.